The van der Waals surface area contributed by atoms with E-state index < -0.39 is 0 Å². The number of hydrogen-bond acceptors (Lipinski definition) is 2. The van der Waals surface area contributed by atoms with E-state index in [0.29, 0.717) is 5.92 Å². The lowest BCUT2D eigenvalue weighted by Gasteiger charge is -2.18. The minimum atomic E-state index is -0.147. The first-order valence-electron chi connectivity index (χ1n) is 7.01. The maximum Gasteiger partial charge on any atom is 0.243 e. The van der Waals surface area contributed by atoms with Gasteiger partial charge >= 0.3 is 0 Å². The maximum absolute atomic E-state index is 12.1. The second-order valence-corrected chi connectivity index (χ2v) is 5.83. The average Bonchev–Trinajstić information content (AvgIpc) is 3.10. The number of hydrogen-bond donors (Lipinski definition) is 1. The van der Waals surface area contributed by atoms with Crippen LogP contribution in [0.1, 0.15) is 24.5 Å². The maximum atomic E-state index is 12.1. The van der Waals surface area contributed by atoms with Gasteiger partial charge in [0.05, 0.1) is 6.54 Å². The van der Waals surface area contributed by atoms with Gasteiger partial charge in [-0.3, -0.25) is 9.59 Å². The Labute approximate surface area is 120 Å². The van der Waals surface area contributed by atoms with Gasteiger partial charge in [0.2, 0.25) is 11.8 Å². The van der Waals surface area contributed by atoms with E-state index in [1.165, 1.54) is 4.90 Å². The Morgan fingerprint density at radius 1 is 1.30 bits per heavy atom. The Hall–Kier alpha value is -1.84. The van der Waals surface area contributed by atoms with E-state index >= 15 is 0 Å². The molecule has 1 fully saturated rings. The summed E-state index contributed by atoms with van der Waals surface area (Å²) in [5, 5.41) is 2.90. The molecule has 0 bridgehead atoms. The Kier molecular flexibility index (Phi) is 4.12. The van der Waals surface area contributed by atoms with Crippen molar-refractivity contribution in [1.29, 1.82) is 0 Å². The van der Waals surface area contributed by atoms with Gasteiger partial charge in [0, 0.05) is 18.7 Å². The SMILES string of the molecule is Cc1cccc(C)c1NC(=O)CN(C)C(=O)[C@@H]1C[C@@H]1C. The molecule has 0 saturated heterocycles. The first-order valence-corrected chi connectivity index (χ1v) is 7.01. The van der Waals surface area contributed by atoms with Crippen LogP contribution in [0.5, 0.6) is 0 Å². The van der Waals surface area contributed by atoms with Crippen molar-refractivity contribution in [2.75, 3.05) is 18.9 Å². The van der Waals surface area contributed by atoms with E-state index in [1.54, 1.807) is 7.05 Å². The molecule has 0 unspecified atom stereocenters. The average molecular weight is 274 g/mol. The highest BCUT2D eigenvalue weighted by Crippen LogP contribution is 2.38. The van der Waals surface area contributed by atoms with Crippen LogP contribution in [-0.2, 0) is 9.59 Å². The van der Waals surface area contributed by atoms with E-state index in [0.717, 1.165) is 23.2 Å². The molecule has 108 valence electrons. The van der Waals surface area contributed by atoms with Crippen LogP contribution in [0.15, 0.2) is 18.2 Å². The predicted molar refractivity (Wildman–Crippen MR) is 79.5 cm³/mol. The Balaban J connectivity index is 1.94. The second-order valence-electron chi connectivity index (χ2n) is 5.83. The van der Waals surface area contributed by atoms with Crippen molar-refractivity contribution in [3.8, 4) is 0 Å². The third-order valence-corrected chi connectivity index (χ3v) is 3.93. The highest BCUT2D eigenvalue weighted by Gasteiger charge is 2.40. The Morgan fingerprint density at radius 2 is 1.85 bits per heavy atom. The standard InChI is InChI=1S/C16H22N2O2/c1-10-6-5-7-11(2)15(10)17-14(19)9-18(4)16(20)13-8-12(13)3/h5-7,12-13H,8-9H2,1-4H3,(H,17,19)/t12-,13+/m0/s1. The zero-order chi connectivity index (χ0) is 14.9. The van der Waals surface area contributed by atoms with Gasteiger partial charge in [0.1, 0.15) is 0 Å². The van der Waals surface area contributed by atoms with Crippen LogP contribution in [0.2, 0.25) is 0 Å². The zero-order valence-corrected chi connectivity index (χ0v) is 12.6. The zero-order valence-electron chi connectivity index (χ0n) is 12.6. The van der Waals surface area contributed by atoms with Crippen LogP contribution >= 0.6 is 0 Å². The summed E-state index contributed by atoms with van der Waals surface area (Å²) in [6.45, 7) is 6.09. The van der Waals surface area contributed by atoms with Crippen molar-refractivity contribution in [1.82, 2.24) is 4.90 Å². The quantitative estimate of drug-likeness (QED) is 0.916. The van der Waals surface area contributed by atoms with E-state index in [2.05, 4.69) is 12.2 Å². The molecule has 1 saturated carbocycles. The number of nitrogens with one attached hydrogen (secondary N) is 1. The number of anilines is 1. The molecule has 1 aromatic rings. The molecule has 0 radical (unpaired) electrons. The lowest BCUT2D eigenvalue weighted by Crippen LogP contribution is -2.36. The molecule has 0 heterocycles. The number of nitrogens with zero attached hydrogens (tertiary/aromatic N) is 1. The number of benzene rings is 1. The second kappa shape index (κ2) is 5.65. The molecule has 2 amide bonds. The molecule has 20 heavy (non-hydrogen) atoms. The minimum Gasteiger partial charge on any atom is -0.336 e. The third kappa shape index (κ3) is 3.18. The van der Waals surface area contributed by atoms with Gasteiger partial charge in [-0.2, -0.15) is 0 Å². The minimum absolute atomic E-state index is 0.0779. The summed E-state index contributed by atoms with van der Waals surface area (Å²) in [5.74, 6) is 0.514. The summed E-state index contributed by atoms with van der Waals surface area (Å²) in [5.41, 5.74) is 2.91. The molecule has 2 atom stereocenters. The van der Waals surface area contributed by atoms with Gasteiger partial charge in [-0.1, -0.05) is 25.1 Å². The van der Waals surface area contributed by atoms with Crippen LogP contribution in [0.25, 0.3) is 0 Å². The molecule has 1 N–H and O–H groups in total. The lowest BCUT2D eigenvalue weighted by atomic mass is 10.1. The van der Waals surface area contributed by atoms with Crippen LogP contribution in [-0.4, -0.2) is 30.3 Å². The molecular formula is C16H22N2O2. The largest absolute Gasteiger partial charge is 0.336 e. The van der Waals surface area contributed by atoms with Crippen molar-refractivity contribution < 1.29 is 9.59 Å². The molecule has 4 heteroatoms. The van der Waals surface area contributed by atoms with E-state index in [4.69, 9.17) is 0 Å². The fraction of sp³-hybridized carbons (Fsp3) is 0.500. The lowest BCUT2D eigenvalue weighted by molar-refractivity contribution is -0.134. The summed E-state index contributed by atoms with van der Waals surface area (Å²) in [7, 11) is 1.69. The summed E-state index contributed by atoms with van der Waals surface area (Å²) in [4.78, 5) is 25.6. The first-order chi connectivity index (χ1) is 9.40. The topological polar surface area (TPSA) is 49.4 Å². The van der Waals surface area contributed by atoms with Gasteiger partial charge in [0.25, 0.3) is 0 Å². The monoisotopic (exact) mass is 274 g/mol. The Morgan fingerprint density at radius 3 is 2.35 bits per heavy atom. The van der Waals surface area contributed by atoms with Crippen molar-refractivity contribution in [3.63, 3.8) is 0 Å². The van der Waals surface area contributed by atoms with Gasteiger partial charge in [-0.05, 0) is 37.3 Å². The normalized spacial score (nSPS) is 20.4. The molecule has 1 aliphatic rings. The first kappa shape index (κ1) is 14.6. The van der Waals surface area contributed by atoms with Crippen LogP contribution in [0.4, 0.5) is 5.69 Å². The fourth-order valence-corrected chi connectivity index (χ4v) is 2.43. The number of amides is 2. The van der Waals surface area contributed by atoms with Gasteiger partial charge in [0.15, 0.2) is 0 Å². The van der Waals surface area contributed by atoms with Crippen LogP contribution in [0, 0.1) is 25.7 Å². The molecule has 1 aliphatic carbocycles. The van der Waals surface area contributed by atoms with Crippen molar-refractivity contribution >= 4 is 17.5 Å². The molecule has 0 spiro atoms. The summed E-state index contributed by atoms with van der Waals surface area (Å²) < 4.78 is 0. The summed E-state index contributed by atoms with van der Waals surface area (Å²) >= 11 is 0. The van der Waals surface area contributed by atoms with E-state index in [-0.39, 0.29) is 24.3 Å². The number of likely N-dealkylation sites (N-methyl/N-ethyl adjacent to an activating group) is 1. The molecule has 2 rings (SSSR count). The number of carbonyl (C=O) groups is 2. The Bertz CT molecular complexity index is 519. The van der Waals surface area contributed by atoms with Gasteiger partial charge < -0.3 is 10.2 Å². The molecule has 0 aromatic heterocycles. The van der Waals surface area contributed by atoms with Crippen molar-refractivity contribution in [3.05, 3.63) is 29.3 Å². The number of para-hydroxylation sites is 1. The van der Waals surface area contributed by atoms with E-state index in [9.17, 15) is 9.59 Å². The van der Waals surface area contributed by atoms with Gasteiger partial charge in [-0.15, -0.1) is 0 Å². The van der Waals surface area contributed by atoms with E-state index in [1.807, 2.05) is 32.0 Å². The molecule has 1 aromatic carbocycles. The van der Waals surface area contributed by atoms with Crippen LogP contribution in [0.3, 0.4) is 0 Å². The highest BCUT2D eigenvalue weighted by atomic mass is 16.2. The fourth-order valence-electron chi connectivity index (χ4n) is 2.43. The van der Waals surface area contributed by atoms with Crippen LogP contribution < -0.4 is 5.32 Å². The summed E-state index contributed by atoms with van der Waals surface area (Å²) in [6.07, 6.45) is 0.946. The smallest absolute Gasteiger partial charge is 0.243 e. The van der Waals surface area contributed by atoms with Crippen molar-refractivity contribution in [2.24, 2.45) is 11.8 Å². The molecule has 4 nitrogen and oxygen atoms in total. The highest BCUT2D eigenvalue weighted by molar-refractivity contribution is 5.96. The number of carbonyl (C=O) groups excluding carboxylic acids is 2. The van der Waals surface area contributed by atoms with Gasteiger partial charge in [-0.25, -0.2) is 0 Å². The number of rotatable bonds is 4. The molecular weight excluding hydrogens is 252 g/mol. The summed E-state index contributed by atoms with van der Waals surface area (Å²) in [6, 6.07) is 5.89. The number of aryl methyl sites for hydroxylation is 2. The van der Waals surface area contributed by atoms with Crippen molar-refractivity contribution in [2.45, 2.75) is 27.2 Å². The predicted octanol–water partition coefficient (Wildman–Crippen LogP) is 2.36. The third-order valence-electron chi connectivity index (χ3n) is 3.93. The molecule has 0 aliphatic heterocycles.